The van der Waals surface area contributed by atoms with Gasteiger partial charge in [-0.25, -0.2) is 0 Å². The normalized spacial score (nSPS) is 13.2. The van der Waals surface area contributed by atoms with Crippen LogP contribution in [0.15, 0.2) is 0 Å². The predicted molar refractivity (Wildman–Crippen MR) is 298 cm³/mol. The van der Waals surface area contributed by atoms with Crippen molar-refractivity contribution in [1.29, 1.82) is 0 Å². The van der Waals surface area contributed by atoms with Gasteiger partial charge in [-0.2, -0.15) is 119 Å². The second kappa shape index (κ2) is 52.7. The highest BCUT2D eigenvalue weighted by molar-refractivity contribution is 4.84. The fraction of sp³-hybridized carbons (Fsp3) is 1.00. The number of rotatable bonds is 14. The van der Waals surface area contributed by atoms with Crippen molar-refractivity contribution in [1.82, 2.24) is 0 Å². The molecule has 0 aromatic rings. The van der Waals surface area contributed by atoms with E-state index in [9.17, 15) is 119 Å². The van der Waals surface area contributed by atoms with Crippen LogP contribution in [0.5, 0.6) is 0 Å². The summed E-state index contributed by atoms with van der Waals surface area (Å²) < 4.78 is 318. The molecule has 0 rings (SSSR count). The lowest BCUT2D eigenvalue weighted by Gasteiger charge is -2.29. The standard InChI is InChI=1S/C6H8F6.2C6H11F3.2C6H14.C5H6F6.2C5H9F3.2C5H12.C4H7F3/c1-2-3-4(5(7,8)9)6(10,11)12;1-5(2)3-4-6(7,8)9;1-2-3-4-5-6(7,8)9;1-5(2)6(3)4;1-4-5-6(2)3;1-3(2,4(6,7)8)5(9,10)11;1-4(2,3)5(6,7)8;1-3-4(2)5(6,7)8;1-4-5(2)3;1-3-5-4-2;1-3(2)4(5,6)7/h4H,2-3H2,1H3;5H,3-4H2,1-2H3;2-5H2,1H3;5-6H,1-4H3;6H,4-5H2,1-3H3;1-2H3;1-3H3;4H,3H2,1-2H3;5H,4H2,1-3H3;3-5H2,1-2H3;3H,1-2H3/i;;;;;;;;;;3D. The van der Waals surface area contributed by atoms with Crippen molar-refractivity contribution in [3.05, 3.63) is 0 Å². The van der Waals surface area contributed by atoms with Crippen LogP contribution in [-0.4, -0.2) is 55.6 Å². The summed E-state index contributed by atoms with van der Waals surface area (Å²) in [5, 5.41) is 0. The summed E-state index contributed by atoms with van der Waals surface area (Å²) in [4.78, 5) is 0. The van der Waals surface area contributed by atoms with Crippen molar-refractivity contribution in [2.24, 2.45) is 58.1 Å². The molecule has 0 N–H and O–H groups in total. The maximum Gasteiger partial charge on any atom is 0.402 e. The molecular weight excluding hydrogens is 1220 g/mol. The molecule has 0 aromatic heterocycles. The molecule has 0 saturated carbocycles. The summed E-state index contributed by atoms with van der Waals surface area (Å²) >= 11 is 0. The second-order valence-corrected chi connectivity index (χ2v) is 23.6. The Hall–Kier alpha value is -1.89. The highest BCUT2D eigenvalue weighted by Crippen LogP contribution is 2.49. The third-order valence-electron chi connectivity index (χ3n) is 11.2. The molecule has 0 aliphatic rings. The minimum absolute atomic E-state index is 0.104. The first kappa shape index (κ1) is 106. The lowest BCUT2D eigenvalue weighted by molar-refractivity contribution is -0.327. The van der Waals surface area contributed by atoms with E-state index in [1.807, 2.05) is 6.92 Å². The zero-order valence-electron chi connectivity index (χ0n) is 56.9. The van der Waals surface area contributed by atoms with Gasteiger partial charge in [-0.1, -0.05) is 217 Å². The lowest BCUT2D eigenvalue weighted by atomic mass is 9.92. The van der Waals surface area contributed by atoms with Gasteiger partial charge in [0.05, 0.1) is 11.3 Å². The molecule has 0 radical (unpaired) electrons. The topological polar surface area (TPSA) is 0 Å². The van der Waals surface area contributed by atoms with E-state index in [-0.39, 0.29) is 45.4 Å². The van der Waals surface area contributed by atoms with Crippen molar-refractivity contribution < 1.29 is 120 Å². The fourth-order valence-electron chi connectivity index (χ4n) is 3.15. The molecule has 0 saturated heterocycles. The van der Waals surface area contributed by atoms with E-state index in [2.05, 4.69) is 83.1 Å². The van der Waals surface area contributed by atoms with E-state index >= 15 is 0 Å². The van der Waals surface area contributed by atoms with Crippen LogP contribution in [0.2, 0.25) is 0 Å². The molecule has 0 spiro atoms. The fourth-order valence-corrected chi connectivity index (χ4v) is 3.15. The largest absolute Gasteiger partial charge is 0.402 e. The smallest absolute Gasteiger partial charge is 0.171 e. The van der Waals surface area contributed by atoms with Crippen molar-refractivity contribution >= 4 is 0 Å². The highest BCUT2D eigenvalue weighted by Gasteiger charge is 2.64. The van der Waals surface area contributed by atoms with Crippen LogP contribution in [0.25, 0.3) is 0 Å². The highest BCUT2D eigenvalue weighted by atomic mass is 19.4. The number of unbranched alkanes of at least 4 members (excludes halogenated alkanes) is 4. The van der Waals surface area contributed by atoms with E-state index in [1.165, 1.54) is 59.3 Å². The van der Waals surface area contributed by atoms with Gasteiger partial charge in [-0.05, 0) is 69.1 Å². The van der Waals surface area contributed by atoms with Crippen LogP contribution in [-0.2, 0) is 0 Å². The Labute approximate surface area is 502 Å². The molecule has 0 aliphatic carbocycles. The minimum atomic E-state index is -5.24. The first-order valence-corrected chi connectivity index (χ1v) is 28.9. The zero-order valence-corrected chi connectivity index (χ0v) is 55.9. The van der Waals surface area contributed by atoms with Gasteiger partial charge >= 0.3 is 55.6 Å². The third-order valence-corrected chi connectivity index (χ3v) is 11.2. The number of alkyl halides is 27. The first-order valence-electron chi connectivity index (χ1n) is 29.4. The van der Waals surface area contributed by atoms with Gasteiger partial charge in [0.2, 0.25) is 0 Å². The summed E-state index contributed by atoms with van der Waals surface area (Å²) in [7, 11) is 0. The van der Waals surface area contributed by atoms with Crippen LogP contribution >= 0.6 is 0 Å². The second-order valence-electron chi connectivity index (χ2n) is 23.6. The SMILES string of the molecule is CC(C)(C(F)(F)F)C(F)(F)F.CC(C)(C)C(F)(F)F.CC(C)C(C)C.CC(C)CCC(F)(F)F.CCC(C)C.CCC(C)C(F)(F)F.CCCC(C(F)(F)F)C(F)(F)F.CCCC(C)C.CCCCC.CCCCCC(F)(F)F.[2H]C(C)(C)C(F)(F)F. The predicted octanol–water partition coefficient (Wildman–Crippen LogP) is 29.2. The van der Waals surface area contributed by atoms with Crippen LogP contribution in [0.4, 0.5) is 119 Å². The zero-order chi connectivity index (χ0) is 73.6. The van der Waals surface area contributed by atoms with E-state index in [0.29, 0.717) is 6.42 Å². The summed E-state index contributed by atoms with van der Waals surface area (Å²) in [5.74, 6) is -3.00. The van der Waals surface area contributed by atoms with E-state index < -0.39 is 103 Å². The third kappa shape index (κ3) is 90.8. The average Bonchev–Trinajstić information content (AvgIpc) is 3.26. The van der Waals surface area contributed by atoms with Crippen LogP contribution < -0.4 is 0 Å². The number of hydrogen-bond donors (Lipinski definition) is 0. The summed E-state index contributed by atoms with van der Waals surface area (Å²) in [6.07, 6.45) is -33.2. The Balaban J connectivity index is -0.0000000819. The Morgan fingerprint density at radius 3 is 0.628 bits per heavy atom. The van der Waals surface area contributed by atoms with Gasteiger partial charge < -0.3 is 0 Å². The van der Waals surface area contributed by atoms with Gasteiger partial charge in [0, 0.05) is 20.1 Å². The molecule has 0 fully saturated rings. The van der Waals surface area contributed by atoms with E-state index in [4.69, 9.17) is 1.37 Å². The first-order chi connectivity index (χ1) is 37.7. The van der Waals surface area contributed by atoms with Gasteiger partial charge in [0.1, 0.15) is 0 Å². The van der Waals surface area contributed by atoms with Crippen molar-refractivity contribution in [2.75, 3.05) is 0 Å². The van der Waals surface area contributed by atoms with Crippen molar-refractivity contribution in [3.8, 4) is 0 Å². The van der Waals surface area contributed by atoms with Gasteiger partial charge in [0.25, 0.3) is 0 Å². The summed E-state index contributed by atoms with van der Waals surface area (Å²) in [6.45, 7) is 41.5. The molecule has 1 atom stereocenters. The van der Waals surface area contributed by atoms with Gasteiger partial charge in [-0.15, -0.1) is 0 Å². The number of hydrogen-bond acceptors (Lipinski definition) is 0. The molecule has 0 nitrogen and oxygen atoms in total. The number of halogens is 27. The van der Waals surface area contributed by atoms with Gasteiger partial charge in [-0.3, -0.25) is 0 Å². The van der Waals surface area contributed by atoms with Gasteiger partial charge in [0.15, 0.2) is 11.3 Å². The molecule has 27 heteroatoms. The molecule has 86 heavy (non-hydrogen) atoms. The Bertz CT molecular complexity index is 1340. The Kier molecular flexibility index (Phi) is 64.8. The Morgan fingerprint density at radius 2 is 0.570 bits per heavy atom. The molecule has 0 amide bonds. The van der Waals surface area contributed by atoms with Crippen LogP contribution in [0.3, 0.4) is 0 Å². The van der Waals surface area contributed by atoms with E-state index in [1.54, 1.807) is 13.8 Å². The molecule has 538 valence electrons. The molecule has 0 aromatic carbocycles. The average molecular weight is 1340 g/mol. The molecular formula is C59H113F27. The summed E-state index contributed by atoms with van der Waals surface area (Å²) in [6, 6.07) is 0. The van der Waals surface area contributed by atoms with Crippen LogP contribution in [0, 0.1) is 58.1 Å². The quantitative estimate of drug-likeness (QED) is 0.120. The molecule has 0 heterocycles. The van der Waals surface area contributed by atoms with E-state index in [0.717, 1.165) is 64.7 Å². The maximum atomic E-state index is 11.7. The molecule has 1 unspecified atom stereocenters. The maximum absolute atomic E-state index is 11.7. The molecule has 0 bridgehead atoms. The van der Waals surface area contributed by atoms with Crippen LogP contribution in [0.1, 0.15) is 271 Å². The minimum Gasteiger partial charge on any atom is -0.171 e. The van der Waals surface area contributed by atoms with Crippen molar-refractivity contribution in [3.63, 3.8) is 0 Å². The lowest BCUT2D eigenvalue weighted by Crippen LogP contribution is -2.44. The Morgan fingerprint density at radius 1 is 0.302 bits per heavy atom. The van der Waals surface area contributed by atoms with Crippen molar-refractivity contribution in [2.45, 2.75) is 325 Å². The molecule has 0 aliphatic heterocycles. The summed E-state index contributed by atoms with van der Waals surface area (Å²) in [5.41, 5.74) is -5.19. The monoisotopic (exact) mass is 1340 g/mol.